The van der Waals surface area contributed by atoms with Gasteiger partial charge in [0, 0.05) is 5.39 Å². The molecule has 0 N–H and O–H groups in total. The molecule has 1 aliphatic rings. The molecule has 40 heavy (non-hydrogen) atoms. The monoisotopic (exact) mass is 562 g/mol. The van der Waals surface area contributed by atoms with Gasteiger partial charge in [-0.05, 0) is 91.5 Å². The molecule has 3 aromatic rings. The number of benzene rings is 3. The molecule has 0 amide bonds. The molecule has 1 aliphatic carbocycles. The summed E-state index contributed by atoms with van der Waals surface area (Å²) in [7, 11) is 0. The van der Waals surface area contributed by atoms with Crippen molar-refractivity contribution in [3.63, 3.8) is 0 Å². The Balaban J connectivity index is 1.32. The highest BCUT2D eigenvalue weighted by Gasteiger charge is 2.30. The number of allylic oxidation sites excluding steroid dienone is 2. The van der Waals surface area contributed by atoms with Gasteiger partial charge < -0.3 is 4.74 Å². The minimum atomic E-state index is -4.71. The second kappa shape index (κ2) is 13.6. The second-order valence-electron chi connectivity index (χ2n) is 11.0. The van der Waals surface area contributed by atoms with Crippen LogP contribution >= 0.6 is 0 Å². The van der Waals surface area contributed by atoms with Gasteiger partial charge in [0.25, 0.3) is 0 Å². The first-order valence-corrected chi connectivity index (χ1v) is 14.1. The zero-order chi connectivity index (χ0) is 28.7. The van der Waals surface area contributed by atoms with Gasteiger partial charge in [0.05, 0.1) is 0 Å². The Morgan fingerprint density at radius 1 is 0.800 bits per heavy atom. The van der Waals surface area contributed by atoms with E-state index in [-0.39, 0.29) is 24.2 Å². The summed E-state index contributed by atoms with van der Waals surface area (Å²) in [6, 6.07) is 11.2. The van der Waals surface area contributed by atoms with E-state index in [4.69, 9.17) is 0 Å². The number of halogens is 6. The van der Waals surface area contributed by atoms with Crippen LogP contribution in [0.25, 0.3) is 10.8 Å². The molecule has 0 unspecified atom stereocenters. The lowest BCUT2D eigenvalue weighted by Gasteiger charge is -2.28. The van der Waals surface area contributed by atoms with E-state index in [1.807, 2.05) is 18.2 Å². The number of rotatable bonds is 11. The number of hydrogen-bond acceptors (Lipinski definition) is 1. The molecule has 1 fully saturated rings. The fourth-order valence-corrected chi connectivity index (χ4v) is 5.74. The van der Waals surface area contributed by atoms with E-state index in [1.54, 1.807) is 12.1 Å². The SMILES string of the molecule is C/C=C/CCC1CCC(CCc2ccc3c(F)c(CCc4cc(F)c(OCC(F)(F)F)c(F)c4)ccc3c2)CC1. The fourth-order valence-electron chi connectivity index (χ4n) is 5.74. The van der Waals surface area contributed by atoms with E-state index in [1.165, 1.54) is 44.1 Å². The van der Waals surface area contributed by atoms with Crippen molar-refractivity contribution < 1.29 is 31.1 Å². The Morgan fingerprint density at radius 2 is 1.48 bits per heavy atom. The van der Waals surface area contributed by atoms with Gasteiger partial charge in [-0.2, -0.15) is 13.2 Å². The molecule has 0 aliphatic heterocycles. The molecule has 0 bridgehead atoms. The topological polar surface area (TPSA) is 9.23 Å². The van der Waals surface area contributed by atoms with Crippen LogP contribution in [0.3, 0.4) is 0 Å². The normalized spacial score (nSPS) is 18.1. The first-order chi connectivity index (χ1) is 19.1. The molecule has 7 heteroatoms. The summed E-state index contributed by atoms with van der Waals surface area (Å²) in [5.74, 6) is -2.29. The molecule has 216 valence electrons. The first kappa shape index (κ1) is 30.0. The largest absolute Gasteiger partial charge is 0.478 e. The lowest BCUT2D eigenvalue weighted by atomic mass is 9.78. The molecule has 1 nitrogen and oxygen atoms in total. The molecular formula is C33H36F6O. The van der Waals surface area contributed by atoms with Crippen LogP contribution in [0.2, 0.25) is 0 Å². The number of hydrogen-bond donors (Lipinski definition) is 0. The molecule has 0 heterocycles. The zero-order valence-electron chi connectivity index (χ0n) is 22.8. The third kappa shape index (κ3) is 8.28. The van der Waals surface area contributed by atoms with Crippen molar-refractivity contribution in [3.8, 4) is 5.75 Å². The average molecular weight is 563 g/mol. The maximum Gasteiger partial charge on any atom is 0.422 e. The maximum absolute atomic E-state index is 15.3. The smallest absolute Gasteiger partial charge is 0.422 e. The van der Waals surface area contributed by atoms with Crippen LogP contribution in [0.15, 0.2) is 54.6 Å². The Bertz CT molecular complexity index is 1280. The van der Waals surface area contributed by atoms with Gasteiger partial charge in [0.1, 0.15) is 5.82 Å². The van der Waals surface area contributed by atoms with Gasteiger partial charge in [-0.3, -0.25) is 0 Å². The quantitative estimate of drug-likeness (QED) is 0.167. The van der Waals surface area contributed by atoms with Crippen molar-refractivity contribution in [2.45, 2.75) is 77.3 Å². The molecular weight excluding hydrogens is 526 g/mol. The Kier molecular flexibility index (Phi) is 10.2. The Morgan fingerprint density at radius 3 is 2.12 bits per heavy atom. The Hall–Kier alpha value is -2.96. The number of alkyl halides is 3. The van der Waals surface area contributed by atoms with E-state index >= 15 is 4.39 Å². The van der Waals surface area contributed by atoms with Crippen LogP contribution in [0.5, 0.6) is 5.75 Å². The van der Waals surface area contributed by atoms with Gasteiger partial charge in [0.15, 0.2) is 24.0 Å². The molecule has 4 rings (SSSR count). The highest BCUT2D eigenvalue weighted by molar-refractivity contribution is 5.84. The third-order valence-electron chi connectivity index (χ3n) is 8.00. The van der Waals surface area contributed by atoms with Gasteiger partial charge in [-0.25, -0.2) is 13.2 Å². The predicted molar refractivity (Wildman–Crippen MR) is 147 cm³/mol. The van der Waals surface area contributed by atoms with Crippen LogP contribution in [-0.4, -0.2) is 12.8 Å². The molecule has 3 aromatic carbocycles. The van der Waals surface area contributed by atoms with Crippen molar-refractivity contribution in [1.29, 1.82) is 0 Å². The van der Waals surface area contributed by atoms with Crippen LogP contribution < -0.4 is 4.74 Å². The van der Waals surface area contributed by atoms with Crippen molar-refractivity contribution in [2.75, 3.05) is 6.61 Å². The summed E-state index contributed by atoms with van der Waals surface area (Å²) in [5.41, 5.74) is 1.80. The second-order valence-corrected chi connectivity index (χ2v) is 11.0. The van der Waals surface area contributed by atoms with E-state index in [0.29, 0.717) is 10.9 Å². The molecule has 0 aromatic heterocycles. The van der Waals surface area contributed by atoms with Crippen molar-refractivity contribution in [1.82, 2.24) is 0 Å². The lowest BCUT2D eigenvalue weighted by Crippen LogP contribution is -2.20. The van der Waals surface area contributed by atoms with Crippen molar-refractivity contribution in [2.24, 2.45) is 11.8 Å². The zero-order valence-corrected chi connectivity index (χ0v) is 22.8. The minimum absolute atomic E-state index is 0.117. The maximum atomic E-state index is 15.3. The molecule has 0 spiro atoms. The van der Waals surface area contributed by atoms with Gasteiger partial charge >= 0.3 is 6.18 Å². The number of fused-ring (bicyclic) bond motifs is 1. The highest BCUT2D eigenvalue weighted by atomic mass is 19.4. The van der Waals surface area contributed by atoms with Crippen LogP contribution in [0.4, 0.5) is 26.3 Å². The van der Waals surface area contributed by atoms with E-state index < -0.39 is 30.2 Å². The molecule has 0 atom stereocenters. The average Bonchev–Trinajstić information content (AvgIpc) is 2.91. The van der Waals surface area contributed by atoms with Crippen LogP contribution in [0.1, 0.15) is 68.6 Å². The summed E-state index contributed by atoms with van der Waals surface area (Å²) in [4.78, 5) is 0. The molecule has 1 saturated carbocycles. The number of ether oxygens (including phenoxy) is 1. The fraction of sp³-hybridized carbons (Fsp3) is 0.455. The summed E-state index contributed by atoms with van der Waals surface area (Å²) >= 11 is 0. The van der Waals surface area contributed by atoms with E-state index in [0.717, 1.165) is 42.2 Å². The third-order valence-corrected chi connectivity index (χ3v) is 8.00. The molecule has 0 saturated heterocycles. The van der Waals surface area contributed by atoms with E-state index in [9.17, 15) is 22.0 Å². The van der Waals surface area contributed by atoms with Crippen molar-refractivity contribution >= 4 is 10.8 Å². The van der Waals surface area contributed by atoms with Gasteiger partial charge in [0.2, 0.25) is 0 Å². The lowest BCUT2D eigenvalue weighted by molar-refractivity contribution is -0.154. The summed E-state index contributed by atoms with van der Waals surface area (Å²) < 4.78 is 84.9. The minimum Gasteiger partial charge on any atom is -0.478 e. The van der Waals surface area contributed by atoms with Crippen LogP contribution in [0, 0.1) is 29.3 Å². The molecule has 0 radical (unpaired) electrons. The predicted octanol–water partition coefficient (Wildman–Crippen LogP) is 10.1. The first-order valence-electron chi connectivity index (χ1n) is 14.1. The van der Waals surface area contributed by atoms with Gasteiger partial charge in [-0.1, -0.05) is 68.2 Å². The Labute approximate surface area is 232 Å². The highest BCUT2D eigenvalue weighted by Crippen LogP contribution is 2.34. The van der Waals surface area contributed by atoms with Gasteiger partial charge in [-0.15, -0.1) is 0 Å². The summed E-state index contributed by atoms with van der Waals surface area (Å²) in [5, 5.41) is 1.31. The summed E-state index contributed by atoms with van der Waals surface area (Å²) in [6.07, 6.45) is 9.71. The van der Waals surface area contributed by atoms with Crippen LogP contribution in [-0.2, 0) is 19.3 Å². The standard InChI is InChI=1S/C33H36F6O/c1-2-3-4-5-22-6-8-23(9-7-22)10-11-24-13-17-28-27(18-24)16-15-26(31(28)36)14-12-25-19-29(34)32(30(35)20-25)40-21-33(37,38)39/h2-3,13,15-20,22-23H,4-12,14,21H2,1H3/b3-2+. The summed E-state index contributed by atoms with van der Waals surface area (Å²) in [6.45, 7) is 0.279. The van der Waals surface area contributed by atoms with Crippen molar-refractivity contribution in [3.05, 3.63) is 88.8 Å². The number of aryl methyl sites for hydroxylation is 3. The van der Waals surface area contributed by atoms with E-state index in [2.05, 4.69) is 23.8 Å².